The first-order valence-electron chi connectivity index (χ1n) is 4.78. The number of rotatable bonds is 1. The molecule has 2 rings (SSSR count). The van der Waals surface area contributed by atoms with Crippen molar-refractivity contribution in [2.24, 2.45) is 11.3 Å². The van der Waals surface area contributed by atoms with Gasteiger partial charge in [0.1, 0.15) is 0 Å². The summed E-state index contributed by atoms with van der Waals surface area (Å²) in [7, 11) is 4.44. The fourth-order valence-corrected chi connectivity index (χ4v) is 2.59. The Balaban J connectivity index is 1.93. The molecule has 0 spiro atoms. The third-order valence-corrected chi connectivity index (χ3v) is 3.87. The van der Waals surface area contributed by atoms with E-state index in [1.807, 2.05) is 0 Å². The average molecular weight is 153 g/mol. The molecule has 0 radical (unpaired) electrons. The van der Waals surface area contributed by atoms with Gasteiger partial charge < -0.3 is 4.90 Å². The van der Waals surface area contributed by atoms with Gasteiger partial charge in [0.15, 0.2) is 0 Å². The van der Waals surface area contributed by atoms with Gasteiger partial charge in [-0.3, -0.25) is 0 Å². The lowest BCUT2D eigenvalue weighted by Gasteiger charge is -2.30. The first-order chi connectivity index (χ1) is 5.12. The van der Waals surface area contributed by atoms with Crippen molar-refractivity contribution in [2.45, 2.75) is 38.6 Å². The van der Waals surface area contributed by atoms with Crippen LogP contribution in [0.3, 0.4) is 0 Å². The van der Waals surface area contributed by atoms with Crippen LogP contribution in [0.1, 0.15) is 32.6 Å². The number of fused-ring (bicyclic) bond motifs is 1. The second-order valence-electron chi connectivity index (χ2n) is 4.95. The predicted molar refractivity (Wildman–Crippen MR) is 47.5 cm³/mol. The van der Waals surface area contributed by atoms with E-state index in [4.69, 9.17) is 0 Å². The Hall–Kier alpha value is -0.0400. The van der Waals surface area contributed by atoms with E-state index in [0.717, 1.165) is 17.4 Å². The Morgan fingerprint density at radius 1 is 1.36 bits per heavy atom. The van der Waals surface area contributed by atoms with E-state index >= 15 is 0 Å². The number of hydrogen-bond donors (Lipinski definition) is 0. The highest BCUT2D eigenvalue weighted by molar-refractivity contribution is 5.04. The quantitative estimate of drug-likeness (QED) is 0.558. The van der Waals surface area contributed by atoms with E-state index in [2.05, 4.69) is 25.9 Å². The van der Waals surface area contributed by atoms with Crippen molar-refractivity contribution in [2.75, 3.05) is 14.1 Å². The normalized spacial score (nSPS) is 49.1. The zero-order valence-electron chi connectivity index (χ0n) is 7.93. The summed E-state index contributed by atoms with van der Waals surface area (Å²) in [4.78, 5) is 2.40. The molecule has 2 fully saturated rings. The summed E-state index contributed by atoms with van der Waals surface area (Å²) < 4.78 is 0. The summed E-state index contributed by atoms with van der Waals surface area (Å²) in [6.45, 7) is 2.46. The first kappa shape index (κ1) is 7.60. The van der Waals surface area contributed by atoms with Crippen molar-refractivity contribution in [3.63, 3.8) is 0 Å². The molecule has 11 heavy (non-hydrogen) atoms. The van der Waals surface area contributed by atoms with E-state index < -0.39 is 0 Å². The van der Waals surface area contributed by atoms with Gasteiger partial charge >= 0.3 is 0 Å². The highest BCUT2D eigenvalue weighted by atomic mass is 15.1. The zero-order valence-corrected chi connectivity index (χ0v) is 7.93. The molecule has 0 aromatic rings. The van der Waals surface area contributed by atoms with E-state index in [9.17, 15) is 0 Å². The summed E-state index contributed by atoms with van der Waals surface area (Å²) in [5.41, 5.74) is 0.784. The zero-order chi connectivity index (χ0) is 8.06. The molecular weight excluding hydrogens is 134 g/mol. The molecule has 0 amide bonds. The van der Waals surface area contributed by atoms with E-state index in [-0.39, 0.29) is 0 Å². The standard InChI is InChI=1S/C10H19N/c1-10-5-4-9(11(2)3)6-8(10)7-10/h8-9H,4-7H2,1-3H3. The van der Waals surface area contributed by atoms with Gasteiger partial charge in [-0.1, -0.05) is 6.92 Å². The molecule has 0 aromatic carbocycles. The molecule has 3 atom stereocenters. The molecule has 2 saturated carbocycles. The second-order valence-corrected chi connectivity index (χ2v) is 4.95. The maximum atomic E-state index is 2.46. The van der Waals surface area contributed by atoms with Crippen molar-refractivity contribution in [3.8, 4) is 0 Å². The summed E-state index contributed by atoms with van der Waals surface area (Å²) >= 11 is 0. The van der Waals surface area contributed by atoms with Crippen LogP contribution in [0, 0.1) is 11.3 Å². The smallest absolute Gasteiger partial charge is 0.00922 e. The first-order valence-corrected chi connectivity index (χ1v) is 4.78. The molecular formula is C10H19N. The molecule has 2 aliphatic carbocycles. The monoisotopic (exact) mass is 153 g/mol. The van der Waals surface area contributed by atoms with Crippen LogP contribution in [-0.4, -0.2) is 25.0 Å². The third kappa shape index (κ3) is 1.20. The van der Waals surface area contributed by atoms with Crippen molar-refractivity contribution < 1.29 is 0 Å². The van der Waals surface area contributed by atoms with Gasteiger partial charge in [-0.05, 0) is 51.1 Å². The maximum Gasteiger partial charge on any atom is 0.00922 e. The Labute approximate surface area is 69.8 Å². The molecule has 0 heterocycles. The Morgan fingerprint density at radius 2 is 2.09 bits per heavy atom. The average Bonchev–Trinajstić information content (AvgIpc) is 2.58. The minimum Gasteiger partial charge on any atom is -0.306 e. The third-order valence-electron chi connectivity index (χ3n) is 3.87. The van der Waals surface area contributed by atoms with E-state index in [0.29, 0.717) is 0 Å². The molecule has 0 aliphatic heterocycles. The van der Waals surface area contributed by atoms with Crippen LogP contribution in [0.5, 0.6) is 0 Å². The van der Waals surface area contributed by atoms with Crippen molar-refractivity contribution >= 4 is 0 Å². The second kappa shape index (κ2) is 2.22. The Bertz CT molecular complexity index is 164. The number of hydrogen-bond acceptors (Lipinski definition) is 1. The van der Waals surface area contributed by atoms with E-state index in [1.165, 1.54) is 25.7 Å². The van der Waals surface area contributed by atoms with Gasteiger partial charge in [0.25, 0.3) is 0 Å². The van der Waals surface area contributed by atoms with Gasteiger partial charge in [0.05, 0.1) is 0 Å². The van der Waals surface area contributed by atoms with Gasteiger partial charge in [-0.15, -0.1) is 0 Å². The molecule has 1 heteroatoms. The molecule has 2 aliphatic rings. The predicted octanol–water partition coefficient (Wildman–Crippen LogP) is 2.13. The molecule has 64 valence electrons. The van der Waals surface area contributed by atoms with E-state index in [1.54, 1.807) is 0 Å². The van der Waals surface area contributed by atoms with Crippen LogP contribution < -0.4 is 0 Å². The van der Waals surface area contributed by atoms with Crippen LogP contribution in [0.2, 0.25) is 0 Å². The van der Waals surface area contributed by atoms with Crippen LogP contribution in [0.25, 0.3) is 0 Å². The Kier molecular flexibility index (Phi) is 1.54. The summed E-state index contributed by atoms with van der Waals surface area (Å²) in [5, 5.41) is 0. The molecule has 3 unspecified atom stereocenters. The van der Waals surface area contributed by atoms with Gasteiger partial charge in [0, 0.05) is 6.04 Å². The lowest BCUT2D eigenvalue weighted by molar-refractivity contribution is 0.195. The van der Waals surface area contributed by atoms with Gasteiger partial charge in [-0.2, -0.15) is 0 Å². The minimum absolute atomic E-state index is 0.784. The molecule has 0 N–H and O–H groups in total. The minimum atomic E-state index is 0.784. The van der Waals surface area contributed by atoms with Crippen LogP contribution in [-0.2, 0) is 0 Å². The maximum absolute atomic E-state index is 2.46. The van der Waals surface area contributed by atoms with Crippen molar-refractivity contribution in [3.05, 3.63) is 0 Å². The summed E-state index contributed by atoms with van der Waals surface area (Å²) in [6.07, 6.45) is 5.88. The number of nitrogens with zero attached hydrogens (tertiary/aromatic N) is 1. The largest absolute Gasteiger partial charge is 0.306 e. The fraction of sp³-hybridized carbons (Fsp3) is 1.00. The highest BCUT2D eigenvalue weighted by Crippen LogP contribution is 2.61. The lowest BCUT2D eigenvalue weighted by Crippen LogP contribution is -2.32. The van der Waals surface area contributed by atoms with Gasteiger partial charge in [0.2, 0.25) is 0 Å². The van der Waals surface area contributed by atoms with Crippen molar-refractivity contribution in [1.82, 2.24) is 4.90 Å². The lowest BCUT2D eigenvalue weighted by atomic mass is 9.86. The molecule has 1 nitrogen and oxygen atoms in total. The fourth-order valence-electron chi connectivity index (χ4n) is 2.59. The highest BCUT2D eigenvalue weighted by Gasteiger charge is 2.52. The van der Waals surface area contributed by atoms with Crippen LogP contribution in [0.4, 0.5) is 0 Å². The van der Waals surface area contributed by atoms with Crippen LogP contribution in [0.15, 0.2) is 0 Å². The summed E-state index contributed by atoms with van der Waals surface area (Å²) in [5.74, 6) is 1.07. The van der Waals surface area contributed by atoms with Crippen molar-refractivity contribution in [1.29, 1.82) is 0 Å². The summed E-state index contributed by atoms with van der Waals surface area (Å²) in [6, 6.07) is 0.885. The SMILES string of the molecule is CN(C)C1CCC2(C)CC2C1. The topological polar surface area (TPSA) is 3.24 Å². The molecule has 0 saturated heterocycles. The van der Waals surface area contributed by atoms with Gasteiger partial charge in [-0.25, -0.2) is 0 Å². The Morgan fingerprint density at radius 3 is 2.64 bits per heavy atom. The molecule has 0 bridgehead atoms. The molecule has 0 aromatic heterocycles. The van der Waals surface area contributed by atoms with Crippen LogP contribution >= 0.6 is 0 Å².